The van der Waals surface area contributed by atoms with Crippen molar-refractivity contribution in [3.05, 3.63) is 71.9 Å². The van der Waals surface area contributed by atoms with Gasteiger partial charge in [0.2, 0.25) is 0 Å². The normalized spacial score (nSPS) is 15.5. The van der Waals surface area contributed by atoms with Crippen LogP contribution in [0.15, 0.2) is 60.8 Å². The third-order valence-corrected chi connectivity index (χ3v) is 4.64. The van der Waals surface area contributed by atoms with Gasteiger partial charge in [0.1, 0.15) is 17.4 Å². The molecule has 0 radical (unpaired) electrons. The Balaban J connectivity index is 1.66. The summed E-state index contributed by atoms with van der Waals surface area (Å²) < 4.78 is 6.27. The van der Waals surface area contributed by atoms with Crippen LogP contribution >= 0.6 is 0 Å². The molecule has 4 rings (SSSR count). The van der Waals surface area contributed by atoms with E-state index in [0.717, 1.165) is 43.6 Å². The monoisotopic (exact) mass is 318 g/mol. The number of pyridine rings is 1. The molecule has 1 aliphatic heterocycles. The molecule has 2 aromatic carbocycles. The summed E-state index contributed by atoms with van der Waals surface area (Å²) in [6.07, 6.45) is 5.16. The number of nitrogens with zero attached hydrogens (tertiary/aromatic N) is 1. The molecule has 0 bridgehead atoms. The summed E-state index contributed by atoms with van der Waals surface area (Å²) in [5, 5.41) is 4.57. The second kappa shape index (κ2) is 7.02. The van der Waals surface area contributed by atoms with E-state index in [1.165, 1.54) is 16.5 Å². The largest absolute Gasteiger partial charge is 0.488 e. The lowest BCUT2D eigenvalue weighted by molar-refractivity contribution is 0.164. The highest BCUT2D eigenvalue weighted by molar-refractivity contribution is 5.87. The number of rotatable bonds is 4. The van der Waals surface area contributed by atoms with Crippen LogP contribution in [-0.4, -0.2) is 24.2 Å². The average Bonchev–Trinajstić information content (AvgIpc) is 2.65. The van der Waals surface area contributed by atoms with Gasteiger partial charge in [0.05, 0.1) is 0 Å². The minimum atomic E-state index is 0.288. The van der Waals surface area contributed by atoms with Crippen LogP contribution in [0.2, 0.25) is 0 Å². The summed E-state index contributed by atoms with van der Waals surface area (Å²) in [4.78, 5) is 4.61. The Labute approximate surface area is 142 Å². The summed E-state index contributed by atoms with van der Waals surface area (Å²) in [5.41, 5.74) is 3.58. The number of fused-ring (bicyclic) bond motifs is 1. The van der Waals surface area contributed by atoms with Gasteiger partial charge >= 0.3 is 0 Å². The summed E-state index contributed by atoms with van der Waals surface area (Å²) >= 11 is 0. The molecule has 2 heterocycles. The summed E-state index contributed by atoms with van der Waals surface area (Å²) in [5.74, 6) is 0.911. The molecule has 0 spiro atoms. The fourth-order valence-electron chi connectivity index (χ4n) is 3.36. The van der Waals surface area contributed by atoms with E-state index in [1.54, 1.807) is 0 Å². The van der Waals surface area contributed by atoms with Crippen LogP contribution in [0.3, 0.4) is 0 Å². The van der Waals surface area contributed by atoms with E-state index in [-0.39, 0.29) is 6.10 Å². The zero-order valence-corrected chi connectivity index (χ0v) is 13.7. The van der Waals surface area contributed by atoms with Crippen molar-refractivity contribution in [1.29, 1.82) is 0 Å². The fraction of sp³-hybridized carbons (Fsp3) is 0.286. The Hall–Kier alpha value is -2.39. The molecule has 0 unspecified atom stereocenters. The Morgan fingerprint density at radius 2 is 1.79 bits per heavy atom. The van der Waals surface area contributed by atoms with Crippen molar-refractivity contribution in [3.8, 4) is 5.75 Å². The Kier molecular flexibility index (Phi) is 4.43. The summed E-state index contributed by atoms with van der Waals surface area (Å²) in [6.45, 7) is 2.06. The first kappa shape index (κ1) is 15.2. The van der Waals surface area contributed by atoms with Gasteiger partial charge < -0.3 is 10.1 Å². The maximum absolute atomic E-state index is 6.27. The SMILES string of the molecule is c1ccc(Cc2ccc(OC3CCNCC3)c3ncccc23)cc1. The molecule has 3 nitrogen and oxygen atoms in total. The van der Waals surface area contributed by atoms with Gasteiger partial charge in [0, 0.05) is 11.6 Å². The second-order valence-electron chi connectivity index (χ2n) is 6.35. The van der Waals surface area contributed by atoms with Gasteiger partial charge in [-0.3, -0.25) is 4.98 Å². The zero-order valence-electron chi connectivity index (χ0n) is 13.7. The molecule has 122 valence electrons. The van der Waals surface area contributed by atoms with Crippen molar-refractivity contribution in [2.24, 2.45) is 0 Å². The topological polar surface area (TPSA) is 34.1 Å². The predicted octanol–water partition coefficient (Wildman–Crippen LogP) is 3.96. The summed E-state index contributed by atoms with van der Waals surface area (Å²) in [6, 6.07) is 19.0. The number of hydrogen-bond donors (Lipinski definition) is 1. The average molecular weight is 318 g/mol. The molecule has 24 heavy (non-hydrogen) atoms. The molecule has 0 amide bonds. The minimum Gasteiger partial charge on any atom is -0.488 e. The first-order valence-corrected chi connectivity index (χ1v) is 8.68. The standard InChI is InChI=1S/C21H22N2O/c1-2-5-16(6-3-1)15-17-8-9-20(21-19(17)7-4-12-23-21)24-18-10-13-22-14-11-18/h1-9,12,18,22H,10-11,13-15H2. The third kappa shape index (κ3) is 3.26. The van der Waals surface area contributed by atoms with Gasteiger partial charge in [0.15, 0.2) is 0 Å². The van der Waals surface area contributed by atoms with Crippen molar-refractivity contribution < 1.29 is 4.74 Å². The van der Waals surface area contributed by atoms with Crippen LogP contribution in [0.4, 0.5) is 0 Å². The van der Waals surface area contributed by atoms with Gasteiger partial charge in [-0.1, -0.05) is 42.5 Å². The van der Waals surface area contributed by atoms with E-state index in [9.17, 15) is 0 Å². The predicted molar refractivity (Wildman–Crippen MR) is 97.5 cm³/mol. The quantitative estimate of drug-likeness (QED) is 0.791. The maximum atomic E-state index is 6.27. The lowest BCUT2D eigenvalue weighted by Gasteiger charge is -2.24. The first-order chi connectivity index (χ1) is 11.9. The minimum absolute atomic E-state index is 0.288. The van der Waals surface area contributed by atoms with Crippen molar-refractivity contribution in [2.45, 2.75) is 25.4 Å². The van der Waals surface area contributed by atoms with Crippen LogP contribution in [0.5, 0.6) is 5.75 Å². The smallest absolute Gasteiger partial charge is 0.145 e. The third-order valence-electron chi connectivity index (χ3n) is 4.64. The molecule has 1 saturated heterocycles. The molecule has 3 heteroatoms. The van der Waals surface area contributed by atoms with E-state index < -0.39 is 0 Å². The van der Waals surface area contributed by atoms with Gasteiger partial charge in [0.25, 0.3) is 0 Å². The van der Waals surface area contributed by atoms with E-state index in [4.69, 9.17) is 4.74 Å². The van der Waals surface area contributed by atoms with Gasteiger partial charge in [-0.15, -0.1) is 0 Å². The van der Waals surface area contributed by atoms with E-state index >= 15 is 0 Å². The molecule has 1 aliphatic rings. The van der Waals surface area contributed by atoms with Crippen LogP contribution in [-0.2, 0) is 6.42 Å². The molecular formula is C21H22N2O. The van der Waals surface area contributed by atoms with Crippen molar-refractivity contribution in [3.63, 3.8) is 0 Å². The Bertz CT molecular complexity index is 810. The van der Waals surface area contributed by atoms with Crippen molar-refractivity contribution >= 4 is 10.9 Å². The molecule has 0 aliphatic carbocycles. The number of benzene rings is 2. The van der Waals surface area contributed by atoms with Crippen LogP contribution < -0.4 is 10.1 Å². The number of piperidine rings is 1. The highest BCUT2D eigenvalue weighted by atomic mass is 16.5. The van der Waals surface area contributed by atoms with Gasteiger partial charge in [-0.2, -0.15) is 0 Å². The lowest BCUT2D eigenvalue weighted by atomic mass is 10.00. The van der Waals surface area contributed by atoms with Gasteiger partial charge in [-0.05, 0) is 55.6 Å². The molecule has 0 saturated carbocycles. The Morgan fingerprint density at radius 3 is 2.62 bits per heavy atom. The van der Waals surface area contributed by atoms with E-state index in [1.807, 2.05) is 12.3 Å². The molecule has 1 N–H and O–H groups in total. The van der Waals surface area contributed by atoms with Crippen molar-refractivity contribution in [1.82, 2.24) is 10.3 Å². The molecule has 1 fully saturated rings. The molecule has 3 aromatic rings. The van der Waals surface area contributed by atoms with Crippen LogP contribution in [0, 0.1) is 0 Å². The van der Waals surface area contributed by atoms with Crippen LogP contribution in [0.25, 0.3) is 10.9 Å². The Morgan fingerprint density at radius 1 is 0.958 bits per heavy atom. The number of hydrogen-bond acceptors (Lipinski definition) is 3. The molecular weight excluding hydrogens is 296 g/mol. The van der Waals surface area contributed by atoms with E-state index in [0.29, 0.717) is 0 Å². The van der Waals surface area contributed by atoms with Crippen molar-refractivity contribution in [2.75, 3.05) is 13.1 Å². The highest BCUT2D eigenvalue weighted by Crippen LogP contribution is 2.29. The number of aromatic nitrogens is 1. The highest BCUT2D eigenvalue weighted by Gasteiger charge is 2.17. The summed E-state index contributed by atoms with van der Waals surface area (Å²) in [7, 11) is 0. The lowest BCUT2D eigenvalue weighted by Crippen LogP contribution is -2.34. The maximum Gasteiger partial charge on any atom is 0.145 e. The zero-order chi connectivity index (χ0) is 16.2. The van der Waals surface area contributed by atoms with Gasteiger partial charge in [-0.25, -0.2) is 0 Å². The second-order valence-corrected chi connectivity index (χ2v) is 6.35. The number of ether oxygens (including phenoxy) is 1. The molecule has 1 aromatic heterocycles. The molecule has 0 atom stereocenters. The van der Waals surface area contributed by atoms with Crippen LogP contribution in [0.1, 0.15) is 24.0 Å². The van der Waals surface area contributed by atoms with E-state index in [2.05, 4.69) is 58.8 Å². The fourth-order valence-corrected chi connectivity index (χ4v) is 3.36. The first-order valence-electron chi connectivity index (χ1n) is 8.68. The number of nitrogens with one attached hydrogen (secondary N) is 1.